The molecular formula is C20H27NO4. The van der Waals surface area contributed by atoms with Gasteiger partial charge in [-0.1, -0.05) is 6.07 Å². The number of benzene rings is 1. The quantitative estimate of drug-likeness (QED) is 0.686. The Labute approximate surface area is 148 Å². The first-order valence-corrected chi connectivity index (χ1v) is 9.55. The van der Waals surface area contributed by atoms with Crippen LogP contribution in [0.5, 0.6) is 0 Å². The van der Waals surface area contributed by atoms with Gasteiger partial charge in [-0.2, -0.15) is 0 Å². The maximum absolute atomic E-state index is 6.38. The highest BCUT2D eigenvalue weighted by Crippen LogP contribution is 2.36. The van der Waals surface area contributed by atoms with Crippen LogP contribution >= 0.6 is 0 Å². The highest BCUT2D eigenvalue weighted by atomic mass is 16.6. The molecule has 0 spiro atoms. The van der Waals surface area contributed by atoms with Crippen molar-refractivity contribution in [2.24, 2.45) is 5.73 Å². The van der Waals surface area contributed by atoms with Gasteiger partial charge in [-0.25, -0.2) is 0 Å². The monoisotopic (exact) mass is 345 g/mol. The molecule has 4 saturated heterocycles. The third-order valence-electron chi connectivity index (χ3n) is 5.64. The van der Waals surface area contributed by atoms with Crippen molar-refractivity contribution in [2.45, 2.75) is 63.1 Å². The van der Waals surface area contributed by atoms with E-state index in [-0.39, 0.29) is 6.04 Å². The molecule has 4 aliphatic rings. The maximum atomic E-state index is 6.38. The van der Waals surface area contributed by atoms with Crippen molar-refractivity contribution < 1.29 is 18.9 Å². The summed E-state index contributed by atoms with van der Waals surface area (Å²) in [5.41, 5.74) is 13.4. The predicted molar refractivity (Wildman–Crippen MR) is 92.8 cm³/mol. The van der Waals surface area contributed by atoms with Crippen LogP contribution in [0.25, 0.3) is 0 Å². The summed E-state index contributed by atoms with van der Waals surface area (Å²) in [4.78, 5) is 0. The summed E-state index contributed by atoms with van der Waals surface area (Å²) in [6.07, 6.45) is 5.43. The topological polar surface area (TPSA) is 76.1 Å². The summed E-state index contributed by atoms with van der Waals surface area (Å²) in [5.74, 6) is 0. The van der Waals surface area contributed by atoms with Crippen LogP contribution in [-0.4, -0.2) is 50.8 Å². The van der Waals surface area contributed by atoms with E-state index in [1.807, 2.05) is 0 Å². The van der Waals surface area contributed by atoms with Crippen molar-refractivity contribution in [1.29, 1.82) is 0 Å². The lowest BCUT2D eigenvalue weighted by Crippen LogP contribution is -2.18. The fraction of sp³-hybridized carbons (Fsp3) is 0.700. The Balaban J connectivity index is 1.59. The molecule has 4 heterocycles. The number of nitrogens with two attached hydrogens (primary N) is 1. The van der Waals surface area contributed by atoms with Crippen LogP contribution in [0, 0.1) is 0 Å². The molecule has 5 unspecified atom stereocenters. The minimum Gasteiger partial charge on any atom is -0.373 e. The van der Waals surface area contributed by atoms with Gasteiger partial charge in [-0.15, -0.1) is 0 Å². The van der Waals surface area contributed by atoms with E-state index in [4.69, 9.17) is 24.7 Å². The summed E-state index contributed by atoms with van der Waals surface area (Å²) in [5, 5.41) is 0. The molecule has 4 fully saturated rings. The van der Waals surface area contributed by atoms with Gasteiger partial charge in [-0.3, -0.25) is 0 Å². The predicted octanol–water partition coefficient (Wildman–Crippen LogP) is 1.47. The minimum atomic E-state index is 0.0257. The molecule has 25 heavy (non-hydrogen) atoms. The maximum Gasteiger partial charge on any atom is 0.0850 e. The molecule has 1 aromatic carbocycles. The fourth-order valence-corrected chi connectivity index (χ4v) is 3.91. The number of epoxide rings is 4. The van der Waals surface area contributed by atoms with Gasteiger partial charge < -0.3 is 24.7 Å². The van der Waals surface area contributed by atoms with Crippen molar-refractivity contribution in [3.63, 3.8) is 0 Å². The second kappa shape index (κ2) is 6.32. The zero-order chi connectivity index (χ0) is 17.0. The van der Waals surface area contributed by atoms with Gasteiger partial charge in [-0.05, 0) is 34.7 Å². The summed E-state index contributed by atoms with van der Waals surface area (Å²) in [7, 11) is 0. The standard InChI is InChI=1S/C20H27NO4/c1-11(21)17-3-12(2-13-7-22-13)18(4-14-8-23-14)20(6-16-10-25-16)19(17)5-15-9-24-15/h3,11,13-16H,2,4-10,21H2,1H3. The first-order valence-electron chi connectivity index (χ1n) is 9.55. The van der Waals surface area contributed by atoms with Crippen molar-refractivity contribution in [3.8, 4) is 0 Å². The van der Waals surface area contributed by atoms with Crippen LogP contribution < -0.4 is 5.73 Å². The average Bonchev–Trinajstić information content (AvgIpc) is 3.43. The largest absolute Gasteiger partial charge is 0.373 e. The lowest BCUT2D eigenvalue weighted by molar-refractivity contribution is 0.394. The van der Waals surface area contributed by atoms with E-state index in [2.05, 4.69) is 13.0 Å². The normalized spacial score (nSPS) is 33.2. The molecule has 5 atom stereocenters. The molecule has 5 rings (SSSR count). The molecule has 0 radical (unpaired) electrons. The smallest absolute Gasteiger partial charge is 0.0850 e. The summed E-state index contributed by atoms with van der Waals surface area (Å²) in [6.45, 7) is 5.60. The van der Waals surface area contributed by atoms with Crippen molar-refractivity contribution in [3.05, 3.63) is 33.9 Å². The number of hydrogen-bond donors (Lipinski definition) is 1. The van der Waals surface area contributed by atoms with Gasteiger partial charge in [0.25, 0.3) is 0 Å². The second-order valence-electron chi connectivity index (χ2n) is 7.99. The number of hydrogen-bond acceptors (Lipinski definition) is 5. The van der Waals surface area contributed by atoms with E-state index in [1.165, 1.54) is 27.8 Å². The van der Waals surface area contributed by atoms with Gasteiger partial charge >= 0.3 is 0 Å². The van der Waals surface area contributed by atoms with E-state index in [9.17, 15) is 0 Å². The third-order valence-corrected chi connectivity index (χ3v) is 5.64. The van der Waals surface area contributed by atoms with Gasteiger partial charge in [0.05, 0.1) is 50.8 Å². The highest BCUT2D eigenvalue weighted by Gasteiger charge is 2.35. The SMILES string of the molecule is CC(N)c1cc(CC2CO2)c(CC2CO2)c(CC2CO2)c1CC1CO1. The van der Waals surface area contributed by atoms with E-state index >= 15 is 0 Å². The fourth-order valence-electron chi connectivity index (χ4n) is 3.91. The Hall–Kier alpha value is -0.980. The first-order chi connectivity index (χ1) is 12.2. The van der Waals surface area contributed by atoms with Crippen LogP contribution in [0.4, 0.5) is 0 Å². The van der Waals surface area contributed by atoms with Crippen molar-refractivity contribution in [2.75, 3.05) is 26.4 Å². The molecular weight excluding hydrogens is 318 g/mol. The number of ether oxygens (including phenoxy) is 4. The van der Waals surface area contributed by atoms with Crippen molar-refractivity contribution in [1.82, 2.24) is 0 Å². The zero-order valence-electron chi connectivity index (χ0n) is 14.8. The molecule has 5 heteroatoms. The second-order valence-corrected chi connectivity index (χ2v) is 7.99. The number of rotatable bonds is 9. The van der Waals surface area contributed by atoms with Gasteiger partial charge in [0.2, 0.25) is 0 Å². The van der Waals surface area contributed by atoms with E-state index < -0.39 is 0 Å². The third kappa shape index (κ3) is 3.91. The van der Waals surface area contributed by atoms with E-state index in [0.717, 1.165) is 52.1 Å². The molecule has 0 amide bonds. The van der Waals surface area contributed by atoms with E-state index in [1.54, 1.807) is 0 Å². The molecule has 4 aliphatic heterocycles. The Morgan fingerprint density at radius 3 is 1.72 bits per heavy atom. The minimum absolute atomic E-state index is 0.0257. The molecule has 0 bridgehead atoms. The van der Waals surface area contributed by atoms with E-state index in [0.29, 0.717) is 24.4 Å². The molecule has 1 aromatic rings. The molecule has 0 aromatic heterocycles. The Morgan fingerprint density at radius 2 is 1.24 bits per heavy atom. The van der Waals surface area contributed by atoms with Crippen LogP contribution in [-0.2, 0) is 44.6 Å². The van der Waals surface area contributed by atoms with Crippen LogP contribution in [0.2, 0.25) is 0 Å². The Morgan fingerprint density at radius 1 is 0.800 bits per heavy atom. The van der Waals surface area contributed by atoms with Crippen LogP contribution in [0.15, 0.2) is 6.07 Å². The summed E-state index contributed by atoms with van der Waals surface area (Å²) >= 11 is 0. The van der Waals surface area contributed by atoms with Gasteiger partial charge in [0, 0.05) is 31.7 Å². The van der Waals surface area contributed by atoms with Crippen LogP contribution in [0.1, 0.15) is 40.8 Å². The van der Waals surface area contributed by atoms with Crippen LogP contribution in [0.3, 0.4) is 0 Å². The van der Waals surface area contributed by atoms with Gasteiger partial charge in [0.1, 0.15) is 0 Å². The van der Waals surface area contributed by atoms with Gasteiger partial charge in [0.15, 0.2) is 0 Å². The molecule has 0 aliphatic carbocycles. The average molecular weight is 345 g/mol. The summed E-state index contributed by atoms with van der Waals surface area (Å²) < 4.78 is 22.2. The molecule has 5 nitrogen and oxygen atoms in total. The summed E-state index contributed by atoms with van der Waals surface area (Å²) in [6, 6.07) is 2.37. The molecule has 2 N–H and O–H groups in total. The lowest BCUT2D eigenvalue weighted by atomic mass is 9.82. The highest BCUT2D eigenvalue weighted by molar-refractivity contribution is 5.49. The zero-order valence-corrected chi connectivity index (χ0v) is 14.8. The Kier molecular flexibility index (Phi) is 4.10. The lowest BCUT2D eigenvalue weighted by Gasteiger charge is -2.24. The molecule has 0 saturated carbocycles. The molecule has 136 valence electrons. The first kappa shape index (κ1) is 16.2. The Bertz CT molecular complexity index is 658. The van der Waals surface area contributed by atoms with Crippen molar-refractivity contribution >= 4 is 0 Å².